The van der Waals surface area contributed by atoms with E-state index >= 15 is 0 Å². The summed E-state index contributed by atoms with van der Waals surface area (Å²) in [4.78, 5) is 23.6. The van der Waals surface area contributed by atoms with Gasteiger partial charge in [0, 0.05) is 28.3 Å². The number of amides is 1. The number of carbonyl (C=O) groups is 2. The molecule has 0 bridgehead atoms. The van der Waals surface area contributed by atoms with E-state index in [-0.39, 0.29) is 11.9 Å². The van der Waals surface area contributed by atoms with Crippen molar-refractivity contribution in [3.8, 4) is 0 Å². The molecular formula is C14H23NO4S. The first-order valence-electron chi connectivity index (χ1n) is 7.39. The highest BCUT2D eigenvalue weighted by atomic mass is 32.2. The van der Waals surface area contributed by atoms with Gasteiger partial charge in [-0.05, 0) is 31.6 Å². The quantitative estimate of drug-likeness (QED) is 0.816. The first kappa shape index (κ1) is 15.5. The molecule has 2 N–H and O–H groups in total. The van der Waals surface area contributed by atoms with Crippen molar-refractivity contribution >= 4 is 22.7 Å². The molecule has 1 saturated carbocycles. The topological polar surface area (TPSA) is 83.5 Å². The van der Waals surface area contributed by atoms with E-state index in [1.807, 2.05) is 6.92 Å². The summed E-state index contributed by atoms with van der Waals surface area (Å²) in [5.74, 6) is -0.310. The first-order chi connectivity index (χ1) is 9.51. The molecule has 2 fully saturated rings. The van der Waals surface area contributed by atoms with Crippen LogP contribution in [0.25, 0.3) is 0 Å². The average molecular weight is 301 g/mol. The summed E-state index contributed by atoms with van der Waals surface area (Å²) < 4.78 is 11.3. The highest BCUT2D eigenvalue weighted by molar-refractivity contribution is 7.85. The lowest BCUT2D eigenvalue weighted by atomic mass is 9.95. The molecule has 2 aliphatic rings. The maximum atomic E-state index is 12.3. The Morgan fingerprint density at radius 2 is 1.80 bits per heavy atom. The van der Waals surface area contributed by atoms with Gasteiger partial charge >= 0.3 is 5.97 Å². The third-order valence-electron chi connectivity index (χ3n) is 4.63. The number of rotatable bonds is 4. The molecule has 1 saturated heterocycles. The molecular weight excluding hydrogens is 278 g/mol. The minimum absolute atomic E-state index is 0.0651. The van der Waals surface area contributed by atoms with E-state index < -0.39 is 28.6 Å². The van der Waals surface area contributed by atoms with E-state index in [0.29, 0.717) is 30.3 Å². The standard InChI is InChI=1S/C14H23NO4S/c1-2-9-7-11(12(8-9)14(17)18)13(16)15-10-3-5-20(19)6-4-10/h9-12H,2-8H2,1H3,(H,15,16)(H,17,18)/t9?,10?,11-,12+,20?/m0/s1. The molecule has 3 atom stereocenters. The van der Waals surface area contributed by atoms with E-state index in [9.17, 15) is 18.9 Å². The number of hydrogen-bond acceptors (Lipinski definition) is 3. The molecule has 5 nitrogen and oxygen atoms in total. The van der Waals surface area contributed by atoms with Crippen molar-refractivity contribution in [2.45, 2.75) is 45.1 Å². The zero-order valence-electron chi connectivity index (χ0n) is 11.8. The maximum absolute atomic E-state index is 12.3. The third kappa shape index (κ3) is 3.59. The van der Waals surface area contributed by atoms with Crippen LogP contribution in [0.5, 0.6) is 0 Å². The Balaban J connectivity index is 1.93. The van der Waals surface area contributed by atoms with Crippen molar-refractivity contribution in [3.63, 3.8) is 0 Å². The second kappa shape index (κ2) is 6.70. The second-order valence-electron chi connectivity index (χ2n) is 5.93. The smallest absolute Gasteiger partial charge is 0.307 e. The summed E-state index contributed by atoms with van der Waals surface area (Å²) in [6.07, 6.45) is 3.69. The van der Waals surface area contributed by atoms with Crippen molar-refractivity contribution in [1.82, 2.24) is 5.32 Å². The summed E-state index contributed by atoms with van der Waals surface area (Å²) in [7, 11) is -0.745. The van der Waals surface area contributed by atoms with Crippen molar-refractivity contribution in [2.75, 3.05) is 11.5 Å². The molecule has 0 aromatic rings. The predicted octanol–water partition coefficient (Wildman–Crippen LogP) is 1.15. The van der Waals surface area contributed by atoms with Gasteiger partial charge in [-0.3, -0.25) is 13.8 Å². The van der Waals surface area contributed by atoms with Crippen LogP contribution >= 0.6 is 0 Å². The van der Waals surface area contributed by atoms with Gasteiger partial charge in [0.25, 0.3) is 0 Å². The summed E-state index contributed by atoms with van der Waals surface area (Å²) in [6, 6.07) is 0.0651. The Morgan fingerprint density at radius 3 is 2.35 bits per heavy atom. The second-order valence-corrected chi connectivity index (χ2v) is 7.62. The number of carboxylic acids is 1. The molecule has 6 heteroatoms. The third-order valence-corrected chi connectivity index (χ3v) is 6.01. The summed E-state index contributed by atoms with van der Waals surface area (Å²) in [6.45, 7) is 2.04. The Hall–Kier alpha value is -0.910. The highest BCUT2D eigenvalue weighted by Crippen LogP contribution is 2.38. The van der Waals surface area contributed by atoms with E-state index in [1.165, 1.54) is 0 Å². The van der Waals surface area contributed by atoms with Gasteiger partial charge in [0.05, 0.1) is 11.8 Å². The van der Waals surface area contributed by atoms with Crippen molar-refractivity contribution in [2.24, 2.45) is 17.8 Å². The van der Waals surface area contributed by atoms with E-state index in [1.54, 1.807) is 0 Å². The number of hydrogen-bond donors (Lipinski definition) is 2. The van der Waals surface area contributed by atoms with Crippen molar-refractivity contribution < 1.29 is 18.9 Å². The summed E-state index contributed by atoms with van der Waals surface area (Å²) >= 11 is 0. The fraction of sp³-hybridized carbons (Fsp3) is 0.857. The fourth-order valence-electron chi connectivity index (χ4n) is 3.29. The van der Waals surface area contributed by atoms with Crippen LogP contribution in [0.15, 0.2) is 0 Å². The zero-order chi connectivity index (χ0) is 14.7. The van der Waals surface area contributed by atoms with Crippen LogP contribution in [-0.2, 0) is 20.4 Å². The largest absolute Gasteiger partial charge is 0.481 e. The lowest BCUT2D eigenvalue weighted by Crippen LogP contribution is -2.44. The van der Waals surface area contributed by atoms with Gasteiger partial charge in [0.1, 0.15) is 0 Å². The van der Waals surface area contributed by atoms with Gasteiger partial charge in [0.2, 0.25) is 5.91 Å². The molecule has 0 radical (unpaired) electrons. The normalized spacial score (nSPS) is 37.5. The average Bonchev–Trinajstić information content (AvgIpc) is 2.86. The minimum Gasteiger partial charge on any atom is -0.481 e. The van der Waals surface area contributed by atoms with Crippen LogP contribution in [0.1, 0.15) is 39.0 Å². The van der Waals surface area contributed by atoms with E-state index in [0.717, 1.165) is 19.3 Å². The Labute approximate surface area is 122 Å². The number of aliphatic carboxylic acids is 1. The van der Waals surface area contributed by atoms with Crippen LogP contribution in [0, 0.1) is 17.8 Å². The number of carbonyl (C=O) groups excluding carboxylic acids is 1. The van der Waals surface area contributed by atoms with E-state index in [4.69, 9.17) is 0 Å². The molecule has 0 aromatic carbocycles. The molecule has 114 valence electrons. The lowest BCUT2D eigenvalue weighted by molar-refractivity contribution is -0.146. The molecule has 2 rings (SSSR count). The van der Waals surface area contributed by atoms with Gasteiger partial charge in [-0.25, -0.2) is 0 Å². The first-order valence-corrected chi connectivity index (χ1v) is 8.88. The Bertz CT molecular complexity index is 402. The highest BCUT2D eigenvalue weighted by Gasteiger charge is 2.42. The maximum Gasteiger partial charge on any atom is 0.307 e. The number of carboxylic acid groups (broad SMARTS) is 1. The lowest BCUT2D eigenvalue weighted by Gasteiger charge is -2.25. The molecule has 1 unspecified atom stereocenters. The Kier molecular flexibility index (Phi) is 5.18. The molecule has 0 aromatic heterocycles. The van der Waals surface area contributed by atoms with Crippen LogP contribution in [-0.4, -0.2) is 38.7 Å². The van der Waals surface area contributed by atoms with Crippen LogP contribution in [0.4, 0.5) is 0 Å². The zero-order valence-corrected chi connectivity index (χ0v) is 12.7. The molecule has 1 aliphatic heterocycles. The SMILES string of the molecule is CCC1C[C@H](C(=O)NC2CCS(=O)CC2)[C@H](C(=O)O)C1. The fourth-order valence-corrected chi connectivity index (χ4v) is 4.58. The van der Waals surface area contributed by atoms with Gasteiger partial charge in [-0.1, -0.05) is 13.3 Å². The Morgan fingerprint density at radius 1 is 1.20 bits per heavy atom. The van der Waals surface area contributed by atoms with Crippen LogP contribution < -0.4 is 5.32 Å². The van der Waals surface area contributed by atoms with Crippen molar-refractivity contribution in [3.05, 3.63) is 0 Å². The molecule has 0 spiro atoms. The van der Waals surface area contributed by atoms with Gasteiger partial charge in [0.15, 0.2) is 0 Å². The van der Waals surface area contributed by atoms with Gasteiger partial charge in [-0.15, -0.1) is 0 Å². The van der Waals surface area contributed by atoms with E-state index in [2.05, 4.69) is 5.32 Å². The summed E-state index contributed by atoms with van der Waals surface area (Å²) in [5, 5.41) is 12.2. The van der Waals surface area contributed by atoms with Crippen LogP contribution in [0.2, 0.25) is 0 Å². The summed E-state index contributed by atoms with van der Waals surface area (Å²) in [5.41, 5.74) is 0. The molecule has 1 aliphatic carbocycles. The predicted molar refractivity (Wildman–Crippen MR) is 76.7 cm³/mol. The van der Waals surface area contributed by atoms with Gasteiger partial charge < -0.3 is 10.4 Å². The molecule has 20 heavy (non-hydrogen) atoms. The van der Waals surface area contributed by atoms with Gasteiger partial charge in [-0.2, -0.15) is 0 Å². The number of nitrogens with one attached hydrogen (secondary N) is 1. The monoisotopic (exact) mass is 301 g/mol. The molecule has 1 heterocycles. The van der Waals surface area contributed by atoms with Crippen LogP contribution in [0.3, 0.4) is 0 Å². The van der Waals surface area contributed by atoms with Crippen molar-refractivity contribution in [1.29, 1.82) is 0 Å². The minimum atomic E-state index is -0.856. The molecule has 1 amide bonds.